The maximum Gasteiger partial charge on any atom is 0.326 e. The molecule has 1 aliphatic heterocycles. The summed E-state index contributed by atoms with van der Waals surface area (Å²) < 4.78 is 0. The number of carbonyl (C=O) groups is 1. The largest absolute Gasteiger partial charge is 0.480 e. The Morgan fingerprint density at radius 1 is 1.38 bits per heavy atom. The lowest BCUT2D eigenvalue weighted by atomic mass is 9.77. The van der Waals surface area contributed by atoms with E-state index in [0.29, 0.717) is 5.92 Å². The Kier molecular flexibility index (Phi) is 4.05. The Hall–Kier alpha value is -1.51. The summed E-state index contributed by atoms with van der Waals surface area (Å²) in [4.78, 5) is 14.0. The Balaban J connectivity index is 2.62. The fourth-order valence-electron chi connectivity index (χ4n) is 3.79. The average Bonchev–Trinajstić information content (AvgIpc) is 2.33. The van der Waals surface area contributed by atoms with Gasteiger partial charge in [-0.2, -0.15) is 0 Å². The molecule has 0 aromatic heterocycles. The van der Waals surface area contributed by atoms with E-state index in [1.807, 2.05) is 13.8 Å². The van der Waals surface area contributed by atoms with Crippen LogP contribution in [-0.2, 0) is 4.79 Å². The highest BCUT2D eigenvalue weighted by molar-refractivity contribution is 5.80. The van der Waals surface area contributed by atoms with Crippen molar-refractivity contribution in [2.45, 2.75) is 65.5 Å². The number of rotatable bonds is 3. The number of carboxylic acid groups (broad SMARTS) is 1. The van der Waals surface area contributed by atoms with Crippen LogP contribution in [0, 0.1) is 12.8 Å². The highest BCUT2D eigenvalue weighted by Crippen LogP contribution is 2.45. The Morgan fingerprint density at radius 3 is 2.52 bits per heavy atom. The number of nitrogens with zero attached hydrogens (tertiary/aromatic N) is 1. The van der Waals surface area contributed by atoms with Crippen molar-refractivity contribution in [3.05, 3.63) is 29.3 Å². The number of fused-ring (bicyclic) bond motifs is 1. The zero-order chi connectivity index (χ0) is 15.9. The first-order chi connectivity index (χ1) is 9.65. The van der Waals surface area contributed by atoms with E-state index < -0.39 is 12.0 Å². The molecule has 0 saturated carbocycles. The van der Waals surface area contributed by atoms with E-state index in [2.05, 4.69) is 50.8 Å². The van der Waals surface area contributed by atoms with Crippen molar-refractivity contribution in [1.29, 1.82) is 0 Å². The van der Waals surface area contributed by atoms with E-state index >= 15 is 0 Å². The number of hydrogen-bond donors (Lipinski definition) is 1. The maximum atomic E-state index is 11.8. The van der Waals surface area contributed by atoms with Crippen molar-refractivity contribution in [3.8, 4) is 0 Å². The fraction of sp³-hybridized carbons (Fsp3) is 0.611. The molecule has 2 rings (SSSR count). The Labute approximate surface area is 128 Å². The van der Waals surface area contributed by atoms with E-state index in [4.69, 9.17) is 0 Å². The van der Waals surface area contributed by atoms with E-state index in [1.54, 1.807) is 0 Å². The van der Waals surface area contributed by atoms with Crippen LogP contribution in [0.1, 0.15) is 58.1 Å². The van der Waals surface area contributed by atoms with Crippen LogP contribution in [-0.4, -0.2) is 22.7 Å². The maximum absolute atomic E-state index is 11.8. The van der Waals surface area contributed by atoms with Crippen LogP contribution < -0.4 is 4.90 Å². The first-order valence-electron chi connectivity index (χ1n) is 7.78. The minimum Gasteiger partial charge on any atom is -0.480 e. The lowest BCUT2D eigenvalue weighted by Crippen LogP contribution is -2.58. The number of carboxylic acids is 1. The van der Waals surface area contributed by atoms with E-state index in [-0.39, 0.29) is 11.5 Å². The second-order valence-electron chi connectivity index (χ2n) is 7.38. The number of benzene rings is 1. The molecule has 116 valence electrons. The van der Waals surface area contributed by atoms with Gasteiger partial charge in [-0.1, -0.05) is 38.5 Å². The first-order valence-corrected chi connectivity index (χ1v) is 7.78. The minimum absolute atomic E-state index is 0.0596. The topological polar surface area (TPSA) is 40.5 Å². The summed E-state index contributed by atoms with van der Waals surface area (Å²) >= 11 is 0. The van der Waals surface area contributed by atoms with Gasteiger partial charge in [0.15, 0.2) is 0 Å². The molecule has 0 fully saturated rings. The van der Waals surface area contributed by atoms with Crippen LogP contribution in [0.25, 0.3) is 0 Å². The molecular weight excluding hydrogens is 262 g/mol. The highest BCUT2D eigenvalue weighted by Gasteiger charge is 2.43. The van der Waals surface area contributed by atoms with Crippen molar-refractivity contribution in [3.63, 3.8) is 0 Å². The van der Waals surface area contributed by atoms with Crippen LogP contribution in [0.15, 0.2) is 18.2 Å². The summed E-state index contributed by atoms with van der Waals surface area (Å²) in [5, 5.41) is 9.73. The van der Waals surface area contributed by atoms with Gasteiger partial charge in [-0.15, -0.1) is 0 Å². The van der Waals surface area contributed by atoms with Crippen LogP contribution in [0.5, 0.6) is 0 Å². The lowest BCUT2D eigenvalue weighted by molar-refractivity contribution is -0.140. The van der Waals surface area contributed by atoms with Gasteiger partial charge in [0.2, 0.25) is 0 Å². The smallest absolute Gasteiger partial charge is 0.326 e. The van der Waals surface area contributed by atoms with Gasteiger partial charge in [-0.25, -0.2) is 4.79 Å². The second kappa shape index (κ2) is 5.36. The summed E-state index contributed by atoms with van der Waals surface area (Å²) in [5.74, 6) is -0.226. The summed E-state index contributed by atoms with van der Waals surface area (Å²) in [6.07, 6.45) is 0.972. The number of anilines is 1. The predicted octanol–water partition coefficient (Wildman–Crippen LogP) is 4.20. The molecular formula is C18H27NO2. The highest BCUT2D eigenvalue weighted by atomic mass is 16.4. The predicted molar refractivity (Wildman–Crippen MR) is 87.0 cm³/mol. The molecule has 0 bridgehead atoms. The molecule has 3 heteroatoms. The SMILES string of the molecule is Cc1ccc2c(c1)[C@H](C)CC(C)(C)N2[C@H](C(=O)O)C(C)C. The van der Waals surface area contributed by atoms with Crippen molar-refractivity contribution < 1.29 is 9.90 Å². The zero-order valence-corrected chi connectivity index (χ0v) is 14.0. The number of hydrogen-bond acceptors (Lipinski definition) is 2. The molecule has 21 heavy (non-hydrogen) atoms. The molecule has 0 unspecified atom stereocenters. The average molecular weight is 289 g/mol. The first kappa shape index (κ1) is 15.9. The third kappa shape index (κ3) is 2.78. The normalized spacial score (nSPS) is 22.0. The van der Waals surface area contributed by atoms with Gasteiger partial charge in [0.1, 0.15) is 6.04 Å². The molecule has 3 nitrogen and oxygen atoms in total. The molecule has 2 atom stereocenters. The standard InChI is InChI=1S/C18H27NO2/c1-11(2)16(17(20)21)19-15-8-7-12(3)9-14(15)13(4)10-18(19,5)6/h7-9,11,13,16H,10H2,1-6H3,(H,20,21)/t13-,16+/m1/s1. The number of aliphatic carboxylic acids is 1. The number of aryl methyl sites for hydroxylation is 1. The molecule has 1 heterocycles. The van der Waals surface area contributed by atoms with Gasteiger partial charge >= 0.3 is 5.97 Å². The molecule has 1 N–H and O–H groups in total. The summed E-state index contributed by atoms with van der Waals surface area (Å²) in [6, 6.07) is 5.90. The molecule has 0 saturated heterocycles. The van der Waals surface area contributed by atoms with Gasteiger partial charge < -0.3 is 10.0 Å². The molecule has 0 aliphatic carbocycles. The van der Waals surface area contributed by atoms with Crippen LogP contribution >= 0.6 is 0 Å². The second-order valence-corrected chi connectivity index (χ2v) is 7.38. The van der Waals surface area contributed by atoms with Crippen molar-refractivity contribution in [2.24, 2.45) is 5.92 Å². The molecule has 0 spiro atoms. The van der Waals surface area contributed by atoms with Crippen LogP contribution in [0.4, 0.5) is 5.69 Å². The quantitative estimate of drug-likeness (QED) is 0.906. The van der Waals surface area contributed by atoms with Crippen molar-refractivity contribution in [2.75, 3.05) is 4.90 Å². The van der Waals surface area contributed by atoms with Crippen LogP contribution in [0.3, 0.4) is 0 Å². The minimum atomic E-state index is -0.737. The summed E-state index contributed by atoms with van der Waals surface area (Å²) in [6.45, 7) is 12.6. The van der Waals surface area contributed by atoms with Crippen molar-refractivity contribution >= 4 is 11.7 Å². The van der Waals surface area contributed by atoms with Crippen molar-refractivity contribution in [1.82, 2.24) is 0 Å². The molecule has 1 aliphatic rings. The van der Waals surface area contributed by atoms with E-state index in [0.717, 1.165) is 12.1 Å². The molecule has 0 amide bonds. The van der Waals surface area contributed by atoms with Gasteiger partial charge in [-0.05, 0) is 50.7 Å². The lowest BCUT2D eigenvalue weighted by Gasteiger charge is -2.51. The fourth-order valence-corrected chi connectivity index (χ4v) is 3.79. The monoisotopic (exact) mass is 289 g/mol. The summed E-state index contributed by atoms with van der Waals surface area (Å²) in [5.41, 5.74) is 3.44. The zero-order valence-electron chi connectivity index (χ0n) is 14.0. The van der Waals surface area contributed by atoms with Gasteiger partial charge in [-0.3, -0.25) is 0 Å². The van der Waals surface area contributed by atoms with Gasteiger partial charge in [0.25, 0.3) is 0 Å². The van der Waals surface area contributed by atoms with E-state index in [1.165, 1.54) is 11.1 Å². The van der Waals surface area contributed by atoms with Gasteiger partial charge in [0.05, 0.1) is 0 Å². The Morgan fingerprint density at radius 2 is 2.00 bits per heavy atom. The Bertz CT molecular complexity index is 548. The third-order valence-corrected chi connectivity index (χ3v) is 4.59. The van der Waals surface area contributed by atoms with Gasteiger partial charge in [0, 0.05) is 11.2 Å². The molecule has 1 aromatic rings. The summed E-state index contributed by atoms with van der Waals surface area (Å²) in [7, 11) is 0. The van der Waals surface area contributed by atoms with E-state index in [9.17, 15) is 9.90 Å². The molecule has 1 aromatic carbocycles. The third-order valence-electron chi connectivity index (χ3n) is 4.59. The van der Waals surface area contributed by atoms with Crippen LogP contribution in [0.2, 0.25) is 0 Å². The molecule has 0 radical (unpaired) electrons.